The molecule has 0 spiro atoms. The number of carbonyl (C=O) groups is 1. The van der Waals surface area contributed by atoms with Gasteiger partial charge in [-0.05, 0) is 57.1 Å². The Morgan fingerprint density at radius 2 is 2.00 bits per heavy atom. The molecule has 6 heteroatoms. The summed E-state index contributed by atoms with van der Waals surface area (Å²) in [7, 11) is 0. The average Bonchev–Trinajstić information content (AvgIpc) is 2.49. The van der Waals surface area contributed by atoms with Crippen molar-refractivity contribution in [2.75, 3.05) is 38.0 Å². The highest BCUT2D eigenvalue weighted by Gasteiger charge is 2.20. The SMILES string of the molecule is CCNCC1CCN(CC(=O)Nc2ccccc2Cl)CC1.Cl. The van der Waals surface area contributed by atoms with Crippen LogP contribution in [-0.2, 0) is 4.79 Å². The van der Waals surface area contributed by atoms with Crippen LogP contribution >= 0.6 is 24.0 Å². The van der Waals surface area contributed by atoms with E-state index in [0.717, 1.165) is 44.9 Å². The second kappa shape index (κ2) is 10.1. The fourth-order valence-corrected chi connectivity index (χ4v) is 2.84. The van der Waals surface area contributed by atoms with Crippen molar-refractivity contribution in [1.29, 1.82) is 0 Å². The van der Waals surface area contributed by atoms with Crippen molar-refractivity contribution in [2.24, 2.45) is 5.92 Å². The summed E-state index contributed by atoms with van der Waals surface area (Å²) in [5.74, 6) is 0.751. The van der Waals surface area contributed by atoms with Crippen molar-refractivity contribution in [1.82, 2.24) is 10.2 Å². The molecule has 1 aromatic carbocycles. The van der Waals surface area contributed by atoms with Gasteiger partial charge in [-0.1, -0.05) is 30.7 Å². The first-order valence-corrected chi connectivity index (χ1v) is 8.04. The van der Waals surface area contributed by atoms with E-state index >= 15 is 0 Å². The number of nitrogens with zero attached hydrogens (tertiary/aromatic N) is 1. The van der Waals surface area contributed by atoms with E-state index in [9.17, 15) is 4.79 Å². The third kappa shape index (κ3) is 6.13. The van der Waals surface area contributed by atoms with E-state index in [-0.39, 0.29) is 18.3 Å². The summed E-state index contributed by atoms with van der Waals surface area (Å²) < 4.78 is 0. The molecule has 22 heavy (non-hydrogen) atoms. The molecular formula is C16H25Cl2N3O. The molecule has 1 aromatic rings. The Morgan fingerprint density at radius 1 is 1.32 bits per heavy atom. The standard InChI is InChI=1S/C16H24ClN3O.ClH/c1-2-18-11-13-7-9-20(10-8-13)12-16(21)19-15-6-4-3-5-14(15)17;/h3-6,13,18H,2,7-12H2,1H3,(H,19,21);1H. The number of carbonyl (C=O) groups excluding carboxylic acids is 1. The van der Waals surface area contributed by atoms with E-state index in [1.165, 1.54) is 0 Å². The smallest absolute Gasteiger partial charge is 0.238 e. The van der Waals surface area contributed by atoms with Crippen LogP contribution in [0.5, 0.6) is 0 Å². The number of hydrogen-bond donors (Lipinski definition) is 2. The van der Waals surface area contributed by atoms with E-state index < -0.39 is 0 Å². The minimum atomic E-state index is 0. The molecule has 1 saturated heterocycles. The first kappa shape index (κ1) is 19.2. The normalized spacial score (nSPS) is 16.1. The van der Waals surface area contributed by atoms with Gasteiger partial charge in [0.25, 0.3) is 0 Å². The maximum Gasteiger partial charge on any atom is 0.238 e. The zero-order chi connectivity index (χ0) is 15.1. The number of rotatable bonds is 6. The number of likely N-dealkylation sites (tertiary alicyclic amines) is 1. The van der Waals surface area contributed by atoms with E-state index in [4.69, 9.17) is 11.6 Å². The quantitative estimate of drug-likeness (QED) is 0.832. The minimum Gasteiger partial charge on any atom is -0.324 e. The van der Waals surface area contributed by atoms with Gasteiger partial charge in [-0.3, -0.25) is 9.69 Å². The Labute approximate surface area is 144 Å². The molecule has 0 aliphatic carbocycles. The van der Waals surface area contributed by atoms with E-state index in [2.05, 4.69) is 22.5 Å². The molecule has 0 unspecified atom stereocenters. The topological polar surface area (TPSA) is 44.4 Å². The van der Waals surface area contributed by atoms with Crippen LogP contribution in [0.1, 0.15) is 19.8 Å². The molecule has 1 aliphatic rings. The van der Waals surface area contributed by atoms with Crippen molar-refractivity contribution < 1.29 is 4.79 Å². The lowest BCUT2D eigenvalue weighted by molar-refractivity contribution is -0.117. The fourth-order valence-electron chi connectivity index (χ4n) is 2.65. The van der Waals surface area contributed by atoms with Crippen LogP contribution in [0, 0.1) is 5.92 Å². The van der Waals surface area contributed by atoms with Crippen molar-refractivity contribution >= 4 is 35.6 Å². The molecule has 0 radical (unpaired) electrons. The molecular weight excluding hydrogens is 321 g/mol. The summed E-state index contributed by atoms with van der Waals surface area (Å²) in [6.07, 6.45) is 2.32. The number of nitrogens with one attached hydrogen (secondary N) is 2. The van der Waals surface area contributed by atoms with Gasteiger partial charge in [-0.15, -0.1) is 12.4 Å². The molecule has 2 rings (SSSR count). The van der Waals surface area contributed by atoms with Crippen LogP contribution < -0.4 is 10.6 Å². The van der Waals surface area contributed by atoms with Gasteiger partial charge in [0, 0.05) is 0 Å². The van der Waals surface area contributed by atoms with Gasteiger partial charge in [-0.2, -0.15) is 0 Å². The van der Waals surface area contributed by atoms with E-state index in [1.807, 2.05) is 18.2 Å². The maximum absolute atomic E-state index is 12.1. The number of para-hydroxylation sites is 1. The van der Waals surface area contributed by atoms with Gasteiger partial charge in [0.2, 0.25) is 5.91 Å². The highest BCUT2D eigenvalue weighted by molar-refractivity contribution is 6.33. The van der Waals surface area contributed by atoms with Gasteiger partial charge in [-0.25, -0.2) is 0 Å². The third-order valence-electron chi connectivity index (χ3n) is 3.91. The number of piperidine rings is 1. The average molecular weight is 346 g/mol. The Balaban J connectivity index is 0.00000242. The number of anilines is 1. The van der Waals surface area contributed by atoms with Crippen molar-refractivity contribution in [2.45, 2.75) is 19.8 Å². The maximum atomic E-state index is 12.1. The lowest BCUT2D eigenvalue weighted by atomic mass is 9.97. The zero-order valence-corrected chi connectivity index (χ0v) is 14.6. The molecule has 0 aromatic heterocycles. The monoisotopic (exact) mass is 345 g/mol. The van der Waals surface area contributed by atoms with Crippen LogP contribution in [0.4, 0.5) is 5.69 Å². The Hall–Kier alpha value is -0.810. The van der Waals surface area contributed by atoms with Crippen LogP contribution in [0.15, 0.2) is 24.3 Å². The van der Waals surface area contributed by atoms with Crippen molar-refractivity contribution in [3.8, 4) is 0 Å². The summed E-state index contributed by atoms with van der Waals surface area (Å²) in [6.45, 7) is 6.68. The summed E-state index contributed by atoms with van der Waals surface area (Å²) in [5.41, 5.74) is 0.686. The zero-order valence-electron chi connectivity index (χ0n) is 13.0. The van der Waals surface area contributed by atoms with Crippen molar-refractivity contribution in [3.05, 3.63) is 29.3 Å². The van der Waals surface area contributed by atoms with Gasteiger partial charge in [0.1, 0.15) is 0 Å². The molecule has 1 heterocycles. The van der Waals surface area contributed by atoms with Crippen LogP contribution in [0.25, 0.3) is 0 Å². The molecule has 4 nitrogen and oxygen atoms in total. The Morgan fingerprint density at radius 3 is 2.64 bits per heavy atom. The minimum absolute atomic E-state index is 0. The molecule has 2 N–H and O–H groups in total. The Kier molecular flexibility index (Phi) is 8.79. The second-order valence-corrected chi connectivity index (χ2v) is 5.96. The van der Waals surface area contributed by atoms with E-state index in [1.54, 1.807) is 6.07 Å². The lowest BCUT2D eigenvalue weighted by Gasteiger charge is -2.31. The number of halogens is 2. The van der Waals surface area contributed by atoms with Crippen LogP contribution in [0.2, 0.25) is 5.02 Å². The first-order valence-electron chi connectivity index (χ1n) is 7.66. The van der Waals surface area contributed by atoms with E-state index in [0.29, 0.717) is 17.3 Å². The van der Waals surface area contributed by atoms with Gasteiger partial charge < -0.3 is 10.6 Å². The molecule has 1 aliphatic heterocycles. The lowest BCUT2D eigenvalue weighted by Crippen LogP contribution is -2.41. The first-order chi connectivity index (χ1) is 10.2. The van der Waals surface area contributed by atoms with Gasteiger partial charge in [0.05, 0.1) is 17.3 Å². The third-order valence-corrected chi connectivity index (χ3v) is 4.23. The molecule has 0 atom stereocenters. The molecule has 1 fully saturated rings. The summed E-state index contributed by atoms with van der Waals surface area (Å²) >= 11 is 6.04. The highest BCUT2D eigenvalue weighted by atomic mass is 35.5. The Bertz CT molecular complexity index is 462. The largest absolute Gasteiger partial charge is 0.324 e. The molecule has 0 saturated carbocycles. The predicted octanol–water partition coefficient (Wildman–Crippen LogP) is 3.02. The predicted molar refractivity (Wildman–Crippen MR) is 95.0 cm³/mol. The highest BCUT2D eigenvalue weighted by Crippen LogP contribution is 2.21. The summed E-state index contributed by atoms with van der Waals surface area (Å²) in [5, 5.41) is 6.86. The molecule has 0 bridgehead atoms. The van der Waals surface area contributed by atoms with Crippen LogP contribution in [0.3, 0.4) is 0 Å². The number of hydrogen-bond acceptors (Lipinski definition) is 3. The summed E-state index contributed by atoms with van der Waals surface area (Å²) in [4.78, 5) is 14.3. The fraction of sp³-hybridized carbons (Fsp3) is 0.562. The molecule has 1 amide bonds. The van der Waals surface area contributed by atoms with Crippen molar-refractivity contribution in [3.63, 3.8) is 0 Å². The second-order valence-electron chi connectivity index (χ2n) is 5.56. The van der Waals surface area contributed by atoms with Gasteiger partial charge in [0.15, 0.2) is 0 Å². The summed E-state index contributed by atoms with van der Waals surface area (Å²) in [6, 6.07) is 7.33. The molecule has 124 valence electrons. The van der Waals surface area contributed by atoms with Gasteiger partial charge >= 0.3 is 0 Å². The number of amides is 1. The number of benzene rings is 1. The van der Waals surface area contributed by atoms with Crippen LogP contribution in [-0.4, -0.2) is 43.5 Å².